The molecule has 0 aliphatic carbocycles. The molecule has 0 spiro atoms. The Hall–Kier alpha value is -0.270. The molecule has 0 radical (unpaired) electrons. The molecule has 0 fully saturated rings. The van der Waals surface area contributed by atoms with E-state index in [9.17, 15) is 4.39 Å². The Balaban J connectivity index is 2.22. The Kier molecular flexibility index (Phi) is 4.91. The van der Waals surface area contributed by atoms with E-state index in [0.29, 0.717) is 12.0 Å². The Bertz CT molecular complexity index is 525. The molecule has 2 nitrogen and oxygen atoms in total. The fourth-order valence-corrected chi connectivity index (χ4v) is 3.81. The summed E-state index contributed by atoms with van der Waals surface area (Å²) in [5.74, 6) is 5.36. The molecule has 0 saturated heterocycles. The van der Waals surface area contributed by atoms with Crippen LogP contribution in [0.4, 0.5) is 4.39 Å². The Morgan fingerprint density at radius 1 is 1.33 bits per heavy atom. The van der Waals surface area contributed by atoms with Crippen molar-refractivity contribution in [1.29, 1.82) is 0 Å². The van der Waals surface area contributed by atoms with Crippen molar-refractivity contribution in [1.82, 2.24) is 5.43 Å². The molecule has 96 valence electrons. The second-order valence-corrected chi connectivity index (χ2v) is 7.04. The van der Waals surface area contributed by atoms with Gasteiger partial charge in [-0.3, -0.25) is 11.3 Å². The minimum atomic E-state index is -0.201. The van der Waals surface area contributed by atoms with Crippen LogP contribution in [-0.2, 0) is 6.42 Å². The Morgan fingerprint density at radius 3 is 2.61 bits per heavy atom. The third kappa shape index (κ3) is 3.19. The van der Waals surface area contributed by atoms with Gasteiger partial charge in [0.05, 0.1) is 9.83 Å². The molecule has 0 saturated carbocycles. The predicted molar refractivity (Wildman–Crippen MR) is 79.9 cm³/mol. The van der Waals surface area contributed by atoms with Gasteiger partial charge in [-0.25, -0.2) is 4.39 Å². The fourth-order valence-electron chi connectivity index (χ4n) is 1.66. The smallest absolute Gasteiger partial charge is 0.126 e. The molecule has 2 aromatic rings. The van der Waals surface area contributed by atoms with Gasteiger partial charge in [-0.2, -0.15) is 0 Å². The number of nitrogens with one attached hydrogen (secondary N) is 1. The van der Waals surface area contributed by atoms with Gasteiger partial charge in [0, 0.05) is 9.35 Å². The number of hydrogen-bond donors (Lipinski definition) is 2. The molecule has 18 heavy (non-hydrogen) atoms. The molecule has 0 aliphatic rings. The zero-order valence-corrected chi connectivity index (χ0v) is 13.3. The first kappa shape index (κ1) is 14.1. The number of rotatable bonds is 4. The lowest BCUT2D eigenvalue weighted by atomic mass is 10.0. The number of benzene rings is 1. The van der Waals surface area contributed by atoms with E-state index in [1.165, 1.54) is 6.07 Å². The van der Waals surface area contributed by atoms with Crippen molar-refractivity contribution in [3.8, 4) is 0 Å². The van der Waals surface area contributed by atoms with E-state index in [0.717, 1.165) is 13.1 Å². The van der Waals surface area contributed by atoms with Crippen LogP contribution in [0.1, 0.15) is 16.5 Å². The van der Waals surface area contributed by atoms with Crippen LogP contribution >= 0.6 is 43.2 Å². The minimum absolute atomic E-state index is 0.102. The summed E-state index contributed by atoms with van der Waals surface area (Å²) in [6.45, 7) is 0. The van der Waals surface area contributed by atoms with Crippen LogP contribution < -0.4 is 11.3 Å². The predicted octanol–water partition coefficient (Wildman–Crippen LogP) is 4.16. The number of nitrogens with two attached hydrogens (primary N) is 1. The van der Waals surface area contributed by atoms with Crippen LogP contribution in [0.2, 0.25) is 0 Å². The lowest BCUT2D eigenvalue weighted by Gasteiger charge is -2.14. The van der Waals surface area contributed by atoms with Crippen LogP contribution in [0.25, 0.3) is 0 Å². The van der Waals surface area contributed by atoms with E-state index >= 15 is 0 Å². The molecule has 6 heteroatoms. The normalized spacial score (nSPS) is 12.7. The van der Waals surface area contributed by atoms with Gasteiger partial charge in [-0.1, -0.05) is 18.2 Å². The SMILES string of the molecule is NNC(Cc1ccccc1F)c1cc(Br)c(Br)s1. The summed E-state index contributed by atoms with van der Waals surface area (Å²) in [6, 6.07) is 8.63. The zero-order valence-electron chi connectivity index (χ0n) is 9.29. The van der Waals surface area contributed by atoms with Crippen LogP contribution in [0.5, 0.6) is 0 Å². The van der Waals surface area contributed by atoms with Crippen LogP contribution in [-0.4, -0.2) is 0 Å². The molecule has 1 aromatic carbocycles. The van der Waals surface area contributed by atoms with Crippen LogP contribution in [0.3, 0.4) is 0 Å². The summed E-state index contributed by atoms with van der Waals surface area (Å²) in [4.78, 5) is 1.06. The van der Waals surface area contributed by atoms with Crippen molar-refractivity contribution in [3.63, 3.8) is 0 Å². The van der Waals surface area contributed by atoms with Gasteiger partial charge < -0.3 is 0 Å². The molecule has 1 heterocycles. The summed E-state index contributed by atoms with van der Waals surface area (Å²) < 4.78 is 15.6. The summed E-state index contributed by atoms with van der Waals surface area (Å²) >= 11 is 8.45. The molecule has 1 aromatic heterocycles. The summed E-state index contributed by atoms with van der Waals surface area (Å²) in [7, 11) is 0. The molecular weight excluding hydrogens is 383 g/mol. The third-order valence-corrected chi connectivity index (χ3v) is 5.96. The highest BCUT2D eigenvalue weighted by molar-refractivity contribution is 9.13. The molecule has 2 rings (SSSR count). The highest BCUT2D eigenvalue weighted by Gasteiger charge is 2.16. The standard InChI is InChI=1S/C12H11Br2FN2S/c13-8-6-11(18-12(8)14)10(17-16)5-7-3-1-2-4-9(7)15/h1-4,6,10,17H,5,16H2. The minimum Gasteiger partial charge on any atom is -0.271 e. The van der Waals surface area contributed by atoms with Crippen molar-refractivity contribution in [2.75, 3.05) is 0 Å². The van der Waals surface area contributed by atoms with Crippen molar-refractivity contribution in [2.24, 2.45) is 5.84 Å². The number of halogens is 3. The lowest BCUT2D eigenvalue weighted by Crippen LogP contribution is -2.29. The van der Waals surface area contributed by atoms with Crippen molar-refractivity contribution >= 4 is 43.2 Å². The third-order valence-electron chi connectivity index (χ3n) is 2.59. The van der Waals surface area contributed by atoms with Crippen molar-refractivity contribution < 1.29 is 4.39 Å². The molecule has 0 bridgehead atoms. The van der Waals surface area contributed by atoms with E-state index in [4.69, 9.17) is 5.84 Å². The molecule has 1 unspecified atom stereocenters. The first-order valence-electron chi connectivity index (χ1n) is 5.26. The molecule has 1 atom stereocenters. The van der Waals surface area contributed by atoms with Gasteiger partial charge in [-0.05, 0) is 56.0 Å². The first-order valence-corrected chi connectivity index (χ1v) is 7.66. The number of thiophene rings is 1. The zero-order chi connectivity index (χ0) is 13.1. The summed E-state index contributed by atoms with van der Waals surface area (Å²) in [5.41, 5.74) is 3.39. The molecule has 3 N–H and O–H groups in total. The van der Waals surface area contributed by atoms with E-state index < -0.39 is 0 Å². The summed E-state index contributed by atoms with van der Waals surface area (Å²) in [5, 5.41) is 0. The highest BCUT2D eigenvalue weighted by Crippen LogP contribution is 2.36. The highest BCUT2D eigenvalue weighted by atomic mass is 79.9. The second kappa shape index (κ2) is 6.25. The molecule has 0 aliphatic heterocycles. The second-order valence-electron chi connectivity index (χ2n) is 3.79. The van der Waals surface area contributed by atoms with Gasteiger partial charge in [-0.15, -0.1) is 11.3 Å². The number of hydrazine groups is 1. The van der Waals surface area contributed by atoms with Gasteiger partial charge in [0.1, 0.15) is 5.82 Å². The average Bonchev–Trinajstić information content (AvgIpc) is 2.68. The quantitative estimate of drug-likeness (QED) is 0.604. The van der Waals surface area contributed by atoms with E-state index in [2.05, 4.69) is 37.3 Å². The van der Waals surface area contributed by atoms with Gasteiger partial charge in [0.15, 0.2) is 0 Å². The summed E-state index contributed by atoms with van der Waals surface area (Å²) in [6.07, 6.45) is 0.516. The van der Waals surface area contributed by atoms with E-state index in [1.807, 2.05) is 12.1 Å². The van der Waals surface area contributed by atoms with Gasteiger partial charge in [0.25, 0.3) is 0 Å². The van der Waals surface area contributed by atoms with E-state index in [-0.39, 0.29) is 11.9 Å². The number of hydrogen-bond acceptors (Lipinski definition) is 3. The monoisotopic (exact) mass is 392 g/mol. The van der Waals surface area contributed by atoms with Crippen molar-refractivity contribution in [3.05, 3.63) is 54.8 Å². The maximum Gasteiger partial charge on any atom is 0.126 e. The fraction of sp³-hybridized carbons (Fsp3) is 0.167. The Morgan fingerprint density at radius 2 is 2.06 bits per heavy atom. The lowest BCUT2D eigenvalue weighted by molar-refractivity contribution is 0.535. The van der Waals surface area contributed by atoms with Crippen LogP contribution in [0.15, 0.2) is 38.6 Å². The van der Waals surface area contributed by atoms with Gasteiger partial charge in [0.2, 0.25) is 0 Å². The van der Waals surface area contributed by atoms with Crippen molar-refractivity contribution in [2.45, 2.75) is 12.5 Å². The maximum absolute atomic E-state index is 13.6. The maximum atomic E-state index is 13.6. The largest absolute Gasteiger partial charge is 0.271 e. The first-order chi connectivity index (χ1) is 8.61. The van der Waals surface area contributed by atoms with Gasteiger partial charge >= 0.3 is 0 Å². The topological polar surface area (TPSA) is 38.0 Å². The molecule has 0 amide bonds. The Labute approximate surface area is 126 Å². The van der Waals surface area contributed by atoms with Crippen LogP contribution in [0, 0.1) is 5.82 Å². The average molecular weight is 394 g/mol. The van der Waals surface area contributed by atoms with E-state index in [1.54, 1.807) is 23.5 Å². The molecular formula is C12H11Br2FN2S.